The average Bonchev–Trinajstić information content (AvgIpc) is 3.01. The lowest BCUT2D eigenvalue weighted by Gasteiger charge is -2.42. The zero-order chi connectivity index (χ0) is 32.4. The first-order valence-corrected chi connectivity index (χ1v) is 19.7. The van der Waals surface area contributed by atoms with Crippen LogP contribution in [0, 0.1) is 0 Å². The number of ether oxygens (including phenoxy) is 1. The molecule has 0 saturated carbocycles. The number of hydrogen-bond donors (Lipinski definition) is 2. The van der Waals surface area contributed by atoms with Gasteiger partial charge in [0.05, 0.1) is 28.6 Å². The molecule has 2 aliphatic rings. The number of benzene rings is 2. The van der Waals surface area contributed by atoms with Crippen LogP contribution in [0.15, 0.2) is 53.6 Å². The van der Waals surface area contributed by atoms with Crippen LogP contribution in [0.5, 0.6) is 5.75 Å². The number of sulfone groups is 1. The maximum absolute atomic E-state index is 13.6. The van der Waals surface area contributed by atoms with Crippen molar-refractivity contribution < 1.29 is 17.7 Å². The Morgan fingerprint density at radius 1 is 0.933 bits per heavy atom. The molecular weight excluding hydrogens is 609 g/mol. The maximum atomic E-state index is 13.6. The lowest BCUT2D eigenvalue weighted by atomic mass is 10.0. The second-order valence-corrected chi connectivity index (χ2v) is 18.3. The third kappa shape index (κ3) is 7.80. The molecule has 2 fully saturated rings. The normalized spacial score (nSPS) is 17.4. The van der Waals surface area contributed by atoms with E-state index in [9.17, 15) is 13.0 Å². The number of aromatic nitrogens is 2. The first-order chi connectivity index (χ1) is 21.3. The SMILES string of the molecule is COc1cc(P(C)(C)=O)ccc1Nc1ccnc(Nc2ccc(N3CCC(N4CCN(C)CC4)CC3)cc2S(=O)(=O)C(C)C)n1. The van der Waals surface area contributed by atoms with Crippen LogP contribution in [-0.2, 0) is 14.4 Å². The largest absolute Gasteiger partial charge is 0.495 e. The van der Waals surface area contributed by atoms with Gasteiger partial charge in [-0.1, -0.05) is 0 Å². The van der Waals surface area contributed by atoms with Gasteiger partial charge in [-0.05, 0) is 89.5 Å². The molecule has 0 aliphatic carbocycles. The molecule has 1 aromatic heterocycles. The molecule has 3 heterocycles. The van der Waals surface area contributed by atoms with Crippen LogP contribution in [0.3, 0.4) is 0 Å². The number of rotatable bonds is 10. The maximum Gasteiger partial charge on any atom is 0.229 e. The van der Waals surface area contributed by atoms with Crippen molar-refractivity contribution in [1.29, 1.82) is 0 Å². The van der Waals surface area contributed by atoms with Crippen molar-refractivity contribution in [3.8, 4) is 5.75 Å². The van der Waals surface area contributed by atoms with Crippen molar-refractivity contribution in [2.75, 3.05) is 82.3 Å². The Hall–Kier alpha value is -3.18. The molecule has 244 valence electrons. The highest BCUT2D eigenvalue weighted by atomic mass is 32.2. The van der Waals surface area contributed by atoms with Crippen LogP contribution in [0.4, 0.5) is 28.8 Å². The van der Waals surface area contributed by atoms with E-state index < -0.39 is 22.2 Å². The molecule has 0 atom stereocenters. The Labute approximate surface area is 267 Å². The summed E-state index contributed by atoms with van der Waals surface area (Å²) in [4.78, 5) is 16.5. The van der Waals surface area contributed by atoms with Crippen LogP contribution < -0.4 is 25.6 Å². The quantitative estimate of drug-likeness (QED) is 0.298. The van der Waals surface area contributed by atoms with Gasteiger partial charge in [-0.3, -0.25) is 4.90 Å². The van der Waals surface area contributed by atoms with Gasteiger partial charge in [0.1, 0.15) is 18.7 Å². The zero-order valence-corrected chi connectivity index (χ0v) is 28.9. The summed E-state index contributed by atoms with van der Waals surface area (Å²) in [5.41, 5.74) is 2.00. The minimum Gasteiger partial charge on any atom is -0.495 e. The minimum atomic E-state index is -3.62. The summed E-state index contributed by atoms with van der Waals surface area (Å²) in [7, 11) is -2.34. The van der Waals surface area contributed by atoms with E-state index in [0.29, 0.717) is 29.0 Å². The second-order valence-electron chi connectivity index (χ2n) is 12.6. The third-order valence-corrected chi connectivity index (χ3v) is 12.5. The van der Waals surface area contributed by atoms with E-state index in [4.69, 9.17) is 4.74 Å². The highest BCUT2D eigenvalue weighted by Crippen LogP contribution is 2.38. The number of piperidine rings is 1. The van der Waals surface area contributed by atoms with E-state index in [1.807, 2.05) is 24.3 Å². The van der Waals surface area contributed by atoms with E-state index in [2.05, 4.69) is 42.3 Å². The van der Waals surface area contributed by atoms with Gasteiger partial charge in [0, 0.05) is 62.5 Å². The van der Waals surface area contributed by atoms with Crippen LogP contribution >= 0.6 is 7.14 Å². The molecule has 13 heteroatoms. The molecule has 0 spiro atoms. The molecule has 0 radical (unpaired) electrons. The molecule has 11 nitrogen and oxygen atoms in total. The van der Waals surface area contributed by atoms with Gasteiger partial charge in [0.2, 0.25) is 5.95 Å². The molecule has 45 heavy (non-hydrogen) atoms. The highest BCUT2D eigenvalue weighted by molar-refractivity contribution is 7.92. The molecule has 5 rings (SSSR count). The third-order valence-electron chi connectivity index (χ3n) is 8.75. The Balaban J connectivity index is 1.35. The number of likely N-dealkylation sites (N-methyl/N-ethyl adjacent to an activating group) is 1. The van der Waals surface area contributed by atoms with Gasteiger partial charge in [-0.15, -0.1) is 0 Å². The number of piperazine rings is 1. The van der Waals surface area contributed by atoms with Crippen LogP contribution in [-0.4, -0.2) is 106 Å². The number of nitrogens with one attached hydrogen (secondary N) is 2. The lowest BCUT2D eigenvalue weighted by molar-refractivity contribution is 0.0982. The summed E-state index contributed by atoms with van der Waals surface area (Å²) in [5, 5.41) is 6.52. The highest BCUT2D eigenvalue weighted by Gasteiger charge is 2.29. The fourth-order valence-corrected chi connectivity index (χ4v) is 7.92. The number of hydrogen-bond acceptors (Lipinski definition) is 11. The van der Waals surface area contributed by atoms with Crippen molar-refractivity contribution in [2.45, 2.75) is 42.9 Å². The Morgan fingerprint density at radius 3 is 2.27 bits per heavy atom. The van der Waals surface area contributed by atoms with E-state index in [0.717, 1.165) is 63.1 Å². The number of methoxy groups -OCH3 is 1. The number of anilines is 5. The van der Waals surface area contributed by atoms with Gasteiger partial charge in [0.15, 0.2) is 9.84 Å². The predicted molar refractivity (Wildman–Crippen MR) is 184 cm³/mol. The smallest absolute Gasteiger partial charge is 0.229 e. The molecule has 2 saturated heterocycles. The van der Waals surface area contributed by atoms with Crippen LogP contribution in [0.2, 0.25) is 0 Å². The van der Waals surface area contributed by atoms with Gasteiger partial charge >= 0.3 is 0 Å². The predicted octanol–water partition coefficient (Wildman–Crippen LogP) is 4.62. The summed E-state index contributed by atoms with van der Waals surface area (Å²) in [6, 6.07) is 13.3. The number of nitrogens with zero attached hydrogens (tertiary/aromatic N) is 5. The summed E-state index contributed by atoms with van der Waals surface area (Å²) < 4.78 is 45.3. The minimum absolute atomic E-state index is 0.235. The van der Waals surface area contributed by atoms with Crippen molar-refractivity contribution >= 4 is 51.1 Å². The summed E-state index contributed by atoms with van der Waals surface area (Å²) >= 11 is 0. The lowest BCUT2D eigenvalue weighted by Crippen LogP contribution is -2.52. The van der Waals surface area contributed by atoms with Gasteiger partial charge in [0.25, 0.3) is 0 Å². The molecule has 0 unspecified atom stereocenters. The van der Waals surface area contributed by atoms with E-state index in [1.165, 1.54) is 0 Å². The van der Waals surface area contributed by atoms with Crippen molar-refractivity contribution in [2.24, 2.45) is 0 Å². The molecule has 3 aromatic rings. The first-order valence-electron chi connectivity index (χ1n) is 15.5. The standard InChI is InChI=1S/C32H46N7O4PS/c1-23(2)45(41,42)30-21-25(38-15-12-24(13-16-38)39-19-17-37(3)18-20-39)7-9-28(30)35-32-33-14-11-31(36-32)34-27-10-8-26(44(5,6)40)22-29(27)43-4/h7-11,14,21-24H,12-13,15-20H2,1-6H3,(H2,33,34,35,36). The molecule has 2 N–H and O–H groups in total. The van der Waals surface area contributed by atoms with Crippen LogP contribution in [0.25, 0.3) is 0 Å². The average molecular weight is 656 g/mol. The van der Waals surface area contributed by atoms with Gasteiger partial charge in [-0.2, -0.15) is 4.98 Å². The molecule has 2 aliphatic heterocycles. The fourth-order valence-electron chi connectivity index (χ4n) is 5.84. The van der Waals surface area contributed by atoms with Crippen molar-refractivity contribution in [3.05, 3.63) is 48.7 Å². The van der Waals surface area contributed by atoms with Crippen molar-refractivity contribution in [3.63, 3.8) is 0 Å². The molecule has 2 aromatic carbocycles. The molecule has 0 amide bonds. The Kier molecular flexibility index (Phi) is 10.1. The van der Waals surface area contributed by atoms with E-state index in [-0.39, 0.29) is 10.8 Å². The summed E-state index contributed by atoms with van der Waals surface area (Å²) in [6.45, 7) is 13.0. The molecule has 0 bridgehead atoms. The first kappa shape index (κ1) is 33.2. The topological polar surface area (TPSA) is 120 Å². The Morgan fingerprint density at radius 2 is 1.62 bits per heavy atom. The zero-order valence-electron chi connectivity index (χ0n) is 27.2. The van der Waals surface area contributed by atoms with E-state index in [1.54, 1.807) is 58.7 Å². The van der Waals surface area contributed by atoms with Gasteiger partial charge < -0.3 is 29.7 Å². The Bertz CT molecular complexity index is 1650. The fraction of sp³-hybridized carbons (Fsp3) is 0.500. The summed E-state index contributed by atoms with van der Waals surface area (Å²) in [5.74, 6) is 1.28. The summed E-state index contributed by atoms with van der Waals surface area (Å²) in [6.07, 6.45) is 3.72. The second kappa shape index (κ2) is 13.7. The molecular formula is C32H46N7O4PS. The van der Waals surface area contributed by atoms with E-state index >= 15 is 0 Å². The van der Waals surface area contributed by atoms with Crippen molar-refractivity contribution in [1.82, 2.24) is 19.8 Å². The van der Waals surface area contributed by atoms with Gasteiger partial charge in [-0.25, -0.2) is 13.4 Å². The van der Waals surface area contributed by atoms with Crippen LogP contribution in [0.1, 0.15) is 26.7 Å². The monoisotopic (exact) mass is 655 g/mol.